The molecule has 16 heavy (non-hydrogen) atoms. The first-order valence-electron chi connectivity index (χ1n) is 4.65. The van der Waals surface area contributed by atoms with Crippen LogP contribution in [0.15, 0.2) is 48.8 Å². The van der Waals surface area contributed by atoms with Crippen LogP contribution in [0.2, 0.25) is 0 Å². The van der Waals surface area contributed by atoms with Gasteiger partial charge < -0.3 is 0 Å². The molecule has 0 aliphatic heterocycles. The number of hydrogen-bond donors (Lipinski definition) is 0. The van der Waals surface area contributed by atoms with E-state index in [0.717, 1.165) is 12.3 Å². The van der Waals surface area contributed by atoms with Crippen LogP contribution in [-0.2, 0) is 6.18 Å². The fourth-order valence-corrected chi connectivity index (χ4v) is 1.49. The van der Waals surface area contributed by atoms with Crippen molar-refractivity contribution in [2.24, 2.45) is 0 Å². The van der Waals surface area contributed by atoms with Gasteiger partial charge in [0, 0.05) is 18.0 Å². The molecule has 0 fully saturated rings. The molecule has 82 valence electrons. The zero-order valence-electron chi connectivity index (χ0n) is 8.20. The van der Waals surface area contributed by atoms with E-state index in [1.807, 2.05) is 0 Å². The molecule has 1 heterocycles. The molecule has 1 nitrogen and oxygen atoms in total. The summed E-state index contributed by atoms with van der Waals surface area (Å²) in [5, 5.41) is 0. The third-order valence-corrected chi connectivity index (χ3v) is 2.21. The number of pyridine rings is 1. The maximum absolute atomic E-state index is 12.7. The van der Waals surface area contributed by atoms with Crippen molar-refractivity contribution in [1.82, 2.24) is 4.98 Å². The Kier molecular flexibility index (Phi) is 2.64. The Morgan fingerprint density at radius 3 is 2.25 bits per heavy atom. The third kappa shape index (κ3) is 2.05. The van der Waals surface area contributed by atoms with Crippen molar-refractivity contribution in [2.45, 2.75) is 6.18 Å². The number of halogens is 3. The Morgan fingerprint density at radius 1 is 0.938 bits per heavy atom. The van der Waals surface area contributed by atoms with Crippen LogP contribution < -0.4 is 0 Å². The summed E-state index contributed by atoms with van der Waals surface area (Å²) in [6, 6.07) is 9.40. The Balaban J connectivity index is 2.58. The van der Waals surface area contributed by atoms with Crippen molar-refractivity contribution in [1.29, 1.82) is 0 Å². The first-order chi connectivity index (χ1) is 7.59. The molecule has 0 N–H and O–H groups in total. The second-order valence-corrected chi connectivity index (χ2v) is 3.29. The molecule has 0 bridgehead atoms. The summed E-state index contributed by atoms with van der Waals surface area (Å²) in [6.07, 6.45) is -1.97. The highest BCUT2D eigenvalue weighted by Crippen LogP contribution is 2.36. The van der Waals surface area contributed by atoms with E-state index in [4.69, 9.17) is 0 Å². The zero-order valence-corrected chi connectivity index (χ0v) is 8.20. The van der Waals surface area contributed by atoms with Gasteiger partial charge in [0.25, 0.3) is 0 Å². The van der Waals surface area contributed by atoms with Crippen molar-refractivity contribution >= 4 is 0 Å². The van der Waals surface area contributed by atoms with Crippen LogP contribution >= 0.6 is 0 Å². The van der Waals surface area contributed by atoms with E-state index in [-0.39, 0.29) is 5.56 Å². The number of aromatic nitrogens is 1. The smallest absolute Gasteiger partial charge is 0.264 e. The van der Waals surface area contributed by atoms with Crippen LogP contribution in [0.3, 0.4) is 0 Å². The first kappa shape index (κ1) is 10.7. The fourth-order valence-electron chi connectivity index (χ4n) is 1.49. The lowest BCUT2D eigenvalue weighted by atomic mass is 10.0. The van der Waals surface area contributed by atoms with E-state index in [2.05, 4.69) is 4.98 Å². The van der Waals surface area contributed by atoms with Crippen LogP contribution in [0.5, 0.6) is 0 Å². The molecule has 2 rings (SSSR count). The molecule has 0 spiro atoms. The van der Waals surface area contributed by atoms with Gasteiger partial charge in [0.05, 0.1) is 5.56 Å². The van der Waals surface area contributed by atoms with Crippen molar-refractivity contribution in [3.05, 3.63) is 54.4 Å². The monoisotopic (exact) mass is 223 g/mol. The summed E-state index contributed by atoms with van der Waals surface area (Å²) < 4.78 is 38.1. The van der Waals surface area contributed by atoms with Gasteiger partial charge in [-0.25, -0.2) is 0 Å². The quantitative estimate of drug-likeness (QED) is 0.717. The normalized spacial score (nSPS) is 11.4. The minimum Gasteiger partial charge on any atom is -0.264 e. The molecule has 0 saturated heterocycles. The van der Waals surface area contributed by atoms with Crippen LogP contribution in [0.1, 0.15) is 5.56 Å². The SMILES string of the molecule is FC(F)(F)c1ccncc1-c1ccccc1. The lowest BCUT2D eigenvalue weighted by Gasteiger charge is -2.11. The average Bonchev–Trinajstić information content (AvgIpc) is 2.29. The van der Waals surface area contributed by atoms with Gasteiger partial charge in [0.1, 0.15) is 0 Å². The van der Waals surface area contributed by atoms with Crippen molar-refractivity contribution < 1.29 is 13.2 Å². The molecule has 0 radical (unpaired) electrons. The molecule has 2 aromatic rings. The minimum absolute atomic E-state index is 0.107. The summed E-state index contributed by atoms with van der Waals surface area (Å²) >= 11 is 0. The molecular formula is C12H8F3N. The van der Waals surface area contributed by atoms with E-state index >= 15 is 0 Å². The van der Waals surface area contributed by atoms with Gasteiger partial charge in [0.2, 0.25) is 0 Å². The third-order valence-electron chi connectivity index (χ3n) is 2.21. The van der Waals surface area contributed by atoms with E-state index in [1.165, 1.54) is 6.20 Å². The predicted molar refractivity (Wildman–Crippen MR) is 54.7 cm³/mol. The summed E-state index contributed by atoms with van der Waals surface area (Å²) in [6.45, 7) is 0. The molecule has 0 aliphatic rings. The second kappa shape index (κ2) is 3.96. The van der Waals surface area contributed by atoms with Crippen molar-refractivity contribution in [3.8, 4) is 11.1 Å². The summed E-state index contributed by atoms with van der Waals surface area (Å²) in [5.41, 5.74) is -0.0350. The molecule has 0 atom stereocenters. The Morgan fingerprint density at radius 2 is 1.62 bits per heavy atom. The molecule has 0 saturated carbocycles. The van der Waals surface area contributed by atoms with Gasteiger partial charge in [0.15, 0.2) is 0 Å². The number of benzene rings is 1. The topological polar surface area (TPSA) is 12.9 Å². The lowest BCUT2D eigenvalue weighted by molar-refractivity contribution is -0.137. The highest BCUT2D eigenvalue weighted by molar-refractivity contribution is 5.66. The molecule has 0 unspecified atom stereocenters. The molecule has 1 aromatic carbocycles. The van der Waals surface area contributed by atoms with Crippen LogP contribution in [0.4, 0.5) is 13.2 Å². The largest absolute Gasteiger partial charge is 0.417 e. The lowest BCUT2D eigenvalue weighted by Crippen LogP contribution is -2.07. The number of alkyl halides is 3. The number of rotatable bonds is 1. The maximum Gasteiger partial charge on any atom is 0.417 e. The van der Waals surface area contributed by atoms with Gasteiger partial charge in [-0.1, -0.05) is 30.3 Å². The van der Waals surface area contributed by atoms with E-state index in [1.54, 1.807) is 30.3 Å². The standard InChI is InChI=1S/C12H8F3N/c13-12(14,15)11-6-7-16-8-10(11)9-4-2-1-3-5-9/h1-8H. The maximum atomic E-state index is 12.7. The van der Waals surface area contributed by atoms with Crippen LogP contribution in [-0.4, -0.2) is 4.98 Å². The van der Waals surface area contributed by atoms with Gasteiger partial charge >= 0.3 is 6.18 Å². The van der Waals surface area contributed by atoms with Crippen molar-refractivity contribution in [2.75, 3.05) is 0 Å². The van der Waals surface area contributed by atoms with Gasteiger partial charge in [-0.15, -0.1) is 0 Å². The predicted octanol–water partition coefficient (Wildman–Crippen LogP) is 3.77. The fraction of sp³-hybridized carbons (Fsp3) is 0.0833. The van der Waals surface area contributed by atoms with Gasteiger partial charge in [-0.3, -0.25) is 4.98 Å². The van der Waals surface area contributed by atoms with Crippen LogP contribution in [0, 0.1) is 0 Å². The van der Waals surface area contributed by atoms with Gasteiger partial charge in [-0.2, -0.15) is 13.2 Å². The van der Waals surface area contributed by atoms with E-state index in [9.17, 15) is 13.2 Å². The molecular weight excluding hydrogens is 215 g/mol. The first-order valence-corrected chi connectivity index (χ1v) is 4.65. The Hall–Kier alpha value is -1.84. The van der Waals surface area contributed by atoms with Crippen molar-refractivity contribution in [3.63, 3.8) is 0 Å². The average molecular weight is 223 g/mol. The summed E-state index contributed by atoms with van der Waals surface area (Å²) in [5.74, 6) is 0. The Labute approximate surface area is 90.6 Å². The van der Waals surface area contributed by atoms with E-state index in [0.29, 0.717) is 5.56 Å². The number of hydrogen-bond acceptors (Lipinski definition) is 1. The van der Waals surface area contributed by atoms with Gasteiger partial charge in [-0.05, 0) is 11.6 Å². The molecule has 0 amide bonds. The highest BCUT2D eigenvalue weighted by atomic mass is 19.4. The zero-order chi connectivity index (χ0) is 11.6. The summed E-state index contributed by atoms with van der Waals surface area (Å²) in [7, 11) is 0. The van der Waals surface area contributed by atoms with Crippen LogP contribution in [0.25, 0.3) is 11.1 Å². The van der Waals surface area contributed by atoms with E-state index < -0.39 is 11.7 Å². The number of nitrogens with zero attached hydrogens (tertiary/aromatic N) is 1. The Bertz CT molecular complexity index is 477. The molecule has 4 heteroatoms. The second-order valence-electron chi connectivity index (χ2n) is 3.29. The summed E-state index contributed by atoms with van der Waals surface area (Å²) in [4.78, 5) is 3.74. The molecule has 0 aliphatic carbocycles. The highest BCUT2D eigenvalue weighted by Gasteiger charge is 2.33. The minimum atomic E-state index is -4.35. The molecule has 1 aromatic heterocycles.